The molecule has 0 aliphatic heterocycles. The molecule has 1 heterocycles. The summed E-state index contributed by atoms with van der Waals surface area (Å²) >= 11 is 4.27. The minimum atomic E-state index is -1.74. The highest BCUT2D eigenvalue weighted by Crippen LogP contribution is 2.37. The molecule has 0 amide bonds. The number of aryl methyl sites for hydroxylation is 1. The van der Waals surface area contributed by atoms with E-state index in [-0.39, 0.29) is 5.04 Å². The van der Waals surface area contributed by atoms with E-state index in [1.54, 1.807) is 0 Å². The van der Waals surface area contributed by atoms with E-state index in [4.69, 9.17) is 4.43 Å². The standard InChI is InChI=1S/C18H25IOSSi/c1-13-15(12-17(19)21-13)11-14-7-9-16(10-8-14)20-22(5,6)18(2,3)4/h7-10,12H,11H2,1-6H3. The normalized spacial score (nSPS) is 12.5. The van der Waals surface area contributed by atoms with E-state index >= 15 is 0 Å². The van der Waals surface area contributed by atoms with Crippen LogP contribution in [0.15, 0.2) is 30.3 Å². The molecule has 1 aromatic carbocycles. The largest absolute Gasteiger partial charge is 0.544 e. The summed E-state index contributed by atoms with van der Waals surface area (Å²) < 4.78 is 7.70. The third kappa shape index (κ3) is 4.36. The van der Waals surface area contributed by atoms with Gasteiger partial charge in [-0.15, -0.1) is 11.3 Å². The van der Waals surface area contributed by atoms with Crippen LogP contribution in [0.5, 0.6) is 5.75 Å². The van der Waals surface area contributed by atoms with Crippen LogP contribution in [0.3, 0.4) is 0 Å². The fourth-order valence-electron chi connectivity index (χ4n) is 2.00. The van der Waals surface area contributed by atoms with E-state index in [0.29, 0.717) is 0 Å². The summed E-state index contributed by atoms with van der Waals surface area (Å²) in [4.78, 5) is 1.42. The third-order valence-electron chi connectivity index (χ3n) is 4.49. The van der Waals surface area contributed by atoms with E-state index in [2.05, 4.69) is 93.7 Å². The number of rotatable bonds is 4. The Kier molecular flexibility index (Phi) is 5.45. The average molecular weight is 444 g/mol. The number of thiophene rings is 1. The number of benzene rings is 1. The van der Waals surface area contributed by atoms with Crippen LogP contribution in [-0.4, -0.2) is 8.32 Å². The van der Waals surface area contributed by atoms with E-state index in [0.717, 1.165) is 12.2 Å². The molecule has 120 valence electrons. The summed E-state index contributed by atoms with van der Waals surface area (Å²) in [6.45, 7) is 13.6. The molecule has 2 aromatic rings. The fraction of sp³-hybridized carbons (Fsp3) is 0.444. The Bertz CT molecular complexity index is 638. The van der Waals surface area contributed by atoms with Crippen LogP contribution in [0.25, 0.3) is 0 Å². The highest BCUT2D eigenvalue weighted by Gasteiger charge is 2.38. The topological polar surface area (TPSA) is 9.23 Å². The molecule has 0 bridgehead atoms. The molecule has 0 saturated carbocycles. The van der Waals surface area contributed by atoms with E-state index in [9.17, 15) is 0 Å². The van der Waals surface area contributed by atoms with Gasteiger partial charge in [-0.05, 0) is 83.4 Å². The maximum absolute atomic E-state index is 6.34. The van der Waals surface area contributed by atoms with E-state index < -0.39 is 8.32 Å². The van der Waals surface area contributed by atoms with Crippen LogP contribution in [-0.2, 0) is 6.42 Å². The molecule has 0 fully saturated rings. The lowest BCUT2D eigenvalue weighted by Gasteiger charge is -2.36. The summed E-state index contributed by atoms with van der Waals surface area (Å²) in [5.74, 6) is 1.01. The molecule has 0 aliphatic rings. The molecule has 1 nitrogen and oxygen atoms in total. The lowest BCUT2D eigenvalue weighted by molar-refractivity contribution is 0.492. The second kappa shape index (κ2) is 6.65. The van der Waals surface area contributed by atoms with Gasteiger partial charge in [-0.2, -0.15) is 0 Å². The second-order valence-electron chi connectivity index (χ2n) is 7.32. The van der Waals surface area contributed by atoms with Crippen LogP contribution in [0.2, 0.25) is 18.1 Å². The smallest absolute Gasteiger partial charge is 0.250 e. The van der Waals surface area contributed by atoms with Crippen molar-refractivity contribution in [2.24, 2.45) is 0 Å². The molecular weight excluding hydrogens is 419 g/mol. The van der Waals surface area contributed by atoms with Gasteiger partial charge in [-0.1, -0.05) is 32.9 Å². The maximum atomic E-state index is 6.34. The predicted molar refractivity (Wildman–Crippen MR) is 109 cm³/mol. The van der Waals surface area contributed by atoms with Gasteiger partial charge in [0.1, 0.15) is 5.75 Å². The van der Waals surface area contributed by atoms with Gasteiger partial charge in [0, 0.05) is 4.88 Å². The maximum Gasteiger partial charge on any atom is 0.250 e. The summed E-state index contributed by atoms with van der Waals surface area (Å²) in [7, 11) is -1.74. The molecule has 0 saturated heterocycles. The second-order valence-corrected chi connectivity index (χ2v) is 15.2. The monoisotopic (exact) mass is 444 g/mol. The molecule has 4 heteroatoms. The van der Waals surface area contributed by atoms with Gasteiger partial charge < -0.3 is 4.43 Å². The van der Waals surface area contributed by atoms with Crippen molar-refractivity contribution in [3.63, 3.8) is 0 Å². The molecule has 0 radical (unpaired) electrons. The summed E-state index contributed by atoms with van der Waals surface area (Å²) in [5, 5.41) is 0.232. The molecule has 2 rings (SSSR count). The van der Waals surface area contributed by atoms with Gasteiger partial charge in [0.25, 0.3) is 0 Å². The van der Waals surface area contributed by atoms with Crippen molar-refractivity contribution in [2.45, 2.75) is 52.2 Å². The van der Waals surface area contributed by atoms with Crippen LogP contribution in [0.4, 0.5) is 0 Å². The fourth-order valence-corrected chi connectivity index (χ4v) is 5.15. The number of halogens is 1. The zero-order valence-corrected chi connectivity index (χ0v) is 18.3. The van der Waals surface area contributed by atoms with Crippen molar-refractivity contribution in [2.75, 3.05) is 0 Å². The quantitative estimate of drug-likeness (QED) is 0.380. The predicted octanol–water partition coefficient (Wildman–Crippen LogP) is 6.64. The van der Waals surface area contributed by atoms with Gasteiger partial charge in [0.15, 0.2) is 0 Å². The zero-order valence-electron chi connectivity index (χ0n) is 14.3. The molecule has 0 N–H and O–H groups in total. The van der Waals surface area contributed by atoms with E-state index in [1.165, 1.54) is 18.9 Å². The van der Waals surface area contributed by atoms with Gasteiger partial charge in [0.05, 0.1) is 2.88 Å². The van der Waals surface area contributed by atoms with Crippen molar-refractivity contribution in [3.8, 4) is 5.75 Å². The molecular formula is C18H25IOSSi. The van der Waals surface area contributed by atoms with Gasteiger partial charge >= 0.3 is 0 Å². The molecule has 22 heavy (non-hydrogen) atoms. The first kappa shape index (κ1) is 18.0. The molecule has 0 aliphatic carbocycles. The van der Waals surface area contributed by atoms with Crippen molar-refractivity contribution >= 4 is 42.2 Å². The Hall–Kier alpha value is -0.333. The Morgan fingerprint density at radius 3 is 2.18 bits per heavy atom. The first-order chi connectivity index (χ1) is 10.1. The van der Waals surface area contributed by atoms with Crippen LogP contribution in [0, 0.1) is 9.81 Å². The Balaban J connectivity index is 2.09. The van der Waals surface area contributed by atoms with Crippen molar-refractivity contribution in [1.82, 2.24) is 0 Å². The van der Waals surface area contributed by atoms with Gasteiger partial charge in [-0.3, -0.25) is 0 Å². The highest BCUT2D eigenvalue weighted by atomic mass is 127. The summed E-state index contributed by atoms with van der Waals surface area (Å²) in [6.07, 6.45) is 1.01. The average Bonchev–Trinajstić information content (AvgIpc) is 2.68. The van der Waals surface area contributed by atoms with Gasteiger partial charge in [-0.25, -0.2) is 0 Å². The van der Waals surface area contributed by atoms with Gasteiger partial charge in [0.2, 0.25) is 8.32 Å². The molecule has 0 unspecified atom stereocenters. The third-order valence-corrected chi connectivity index (χ3v) is 10.7. The van der Waals surface area contributed by atoms with Crippen molar-refractivity contribution in [1.29, 1.82) is 0 Å². The number of hydrogen-bond donors (Lipinski definition) is 0. The highest BCUT2D eigenvalue weighted by molar-refractivity contribution is 14.1. The van der Waals surface area contributed by atoms with Crippen LogP contribution in [0.1, 0.15) is 36.8 Å². The molecule has 0 spiro atoms. The van der Waals surface area contributed by atoms with Crippen LogP contribution < -0.4 is 4.43 Å². The van der Waals surface area contributed by atoms with Crippen molar-refractivity contribution < 1.29 is 4.43 Å². The molecule has 1 aromatic heterocycles. The Morgan fingerprint density at radius 2 is 1.73 bits per heavy atom. The lowest BCUT2D eigenvalue weighted by Crippen LogP contribution is -2.43. The minimum absolute atomic E-state index is 0.232. The zero-order chi connectivity index (χ0) is 16.5. The Morgan fingerprint density at radius 1 is 1.14 bits per heavy atom. The summed E-state index contributed by atoms with van der Waals surface area (Å²) in [5.41, 5.74) is 2.78. The first-order valence-electron chi connectivity index (χ1n) is 7.61. The Labute approximate surface area is 153 Å². The molecule has 0 atom stereocenters. The van der Waals surface area contributed by atoms with Crippen LogP contribution >= 0.6 is 33.9 Å². The lowest BCUT2D eigenvalue weighted by atomic mass is 10.1. The minimum Gasteiger partial charge on any atom is -0.544 e. The number of hydrogen-bond acceptors (Lipinski definition) is 2. The van der Waals surface area contributed by atoms with E-state index in [1.807, 2.05) is 11.3 Å². The van der Waals surface area contributed by atoms with Crippen molar-refractivity contribution in [3.05, 3.63) is 49.2 Å². The SMILES string of the molecule is Cc1sc(I)cc1Cc1ccc(O[Si](C)(C)C(C)(C)C)cc1. The first-order valence-corrected chi connectivity index (χ1v) is 12.4. The summed E-state index contributed by atoms with van der Waals surface area (Å²) in [6, 6.07) is 10.9.